The Morgan fingerprint density at radius 3 is 2.71 bits per heavy atom. The molecule has 0 bridgehead atoms. The van der Waals surface area contributed by atoms with Crippen LogP contribution in [0.15, 0.2) is 47.4 Å². The standard InChI is InChI=1S/C20H20N6O2/c1-13-9-14(2)22-19(28-12-15-7-5-4-6-8-15)17(13)11-26-20(27)16-10-21-25(3)18(16)23-24-26/h4-10H,11-12H2,1-3H3. The molecule has 0 aliphatic rings. The number of nitrogens with zero attached hydrogens (tertiary/aromatic N) is 6. The summed E-state index contributed by atoms with van der Waals surface area (Å²) in [6.45, 7) is 4.51. The fourth-order valence-electron chi connectivity index (χ4n) is 3.10. The van der Waals surface area contributed by atoms with Crippen molar-refractivity contribution in [1.29, 1.82) is 0 Å². The molecule has 28 heavy (non-hydrogen) atoms. The van der Waals surface area contributed by atoms with Crippen LogP contribution in [0.1, 0.15) is 22.4 Å². The first-order chi connectivity index (χ1) is 13.5. The van der Waals surface area contributed by atoms with E-state index < -0.39 is 0 Å². The first kappa shape index (κ1) is 17.8. The van der Waals surface area contributed by atoms with Gasteiger partial charge >= 0.3 is 0 Å². The van der Waals surface area contributed by atoms with Crippen LogP contribution < -0.4 is 10.3 Å². The molecule has 0 N–H and O–H groups in total. The number of ether oxygens (including phenoxy) is 1. The second-order valence-electron chi connectivity index (χ2n) is 6.70. The molecule has 142 valence electrons. The lowest BCUT2D eigenvalue weighted by atomic mass is 10.1. The number of aromatic nitrogens is 6. The molecule has 0 radical (unpaired) electrons. The number of aryl methyl sites for hydroxylation is 3. The minimum atomic E-state index is -0.243. The summed E-state index contributed by atoms with van der Waals surface area (Å²) >= 11 is 0. The van der Waals surface area contributed by atoms with Gasteiger partial charge < -0.3 is 4.74 Å². The molecule has 8 heteroatoms. The van der Waals surface area contributed by atoms with Crippen molar-refractivity contribution in [3.05, 3.63) is 75.3 Å². The highest BCUT2D eigenvalue weighted by atomic mass is 16.5. The number of rotatable bonds is 5. The highest BCUT2D eigenvalue weighted by molar-refractivity contribution is 5.72. The summed E-state index contributed by atoms with van der Waals surface area (Å²) in [6, 6.07) is 11.8. The minimum absolute atomic E-state index is 0.222. The van der Waals surface area contributed by atoms with Gasteiger partial charge in [0.2, 0.25) is 5.88 Å². The summed E-state index contributed by atoms with van der Waals surface area (Å²) in [5.41, 5.74) is 3.90. The van der Waals surface area contributed by atoms with Crippen molar-refractivity contribution in [2.45, 2.75) is 27.0 Å². The molecule has 0 atom stereocenters. The van der Waals surface area contributed by atoms with Crippen LogP contribution in [0, 0.1) is 13.8 Å². The molecule has 0 fully saturated rings. The zero-order chi connectivity index (χ0) is 19.7. The molecule has 0 saturated heterocycles. The first-order valence-electron chi connectivity index (χ1n) is 8.92. The molecule has 8 nitrogen and oxygen atoms in total. The van der Waals surface area contributed by atoms with E-state index in [9.17, 15) is 4.79 Å². The number of hydrogen-bond acceptors (Lipinski definition) is 6. The summed E-state index contributed by atoms with van der Waals surface area (Å²) in [6.07, 6.45) is 1.51. The Labute approximate surface area is 161 Å². The Morgan fingerprint density at radius 2 is 1.93 bits per heavy atom. The summed E-state index contributed by atoms with van der Waals surface area (Å²) in [7, 11) is 1.73. The average molecular weight is 376 g/mol. The second-order valence-corrected chi connectivity index (χ2v) is 6.70. The Kier molecular flexibility index (Phi) is 4.60. The van der Waals surface area contributed by atoms with Crippen molar-refractivity contribution in [3.8, 4) is 5.88 Å². The van der Waals surface area contributed by atoms with E-state index in [1.807, 2.05) is 50.2 Å². The Bertz CT molecular complexity index is 1200. The largest absolute Gasteiger partial charge is 0.473 e. The van der Waals surface area contributed by atoms with E-state index in [1.54, 1.807) is 7.05 Å². The SMILES string of the molecule is Cc1cc(C)c(Cn2nnc3c(cnn3C)c2=O)c(OCc2ccccc2)n1. The van der Waals surface area contributed by atoms with Crippen LogP contribution in [0.3, 0.4) is 0 Å². The topological polar surface area (TPSA) is 87.7 Å². The highest BCUT2D eigenvalue weighted by Crippen LogP contribution is 2.23. The van der Waals surface area contributed by atoms with Crippen molar-refractivity contribution >= 4 is 11.0 Å². The van der Waals surface area contributed by atoms with Gasteiger partial charge in [0.05, 0.1) is 12.7 Å². The van der Waals surface area contributed by atoms with E-state index in [0.717, 1.165) is 22.4 Å². The zero-order valence-electron chi connectivity index (χ0n) is 16.0. The molecule has 0 spiro atoms. The average Bonchev–Trinajstić information content (AvgIpc) is 3.06. The Morgan fingerprint density at radius 1 is 1.14 bits per heavy atom. The molecule has 0 aliphatic carbocycles. The van der Waals surface area contributed by atoms with Gasteiger partial charge in [0, 0.05) is 18.3 Å². The van der Waals surface area contributed by atoms with E-state index in [2.05, 4.69) is 20.4 Å². The van der Waals surface area contributed by atoms with Crippen molar-refractivity contribution < 1.29 is 4.74 Å². The molecular formula is C20H20N6O2. The van der Waals surface area contributed by atoms with Gasteiger partial charge in [-0.3, -0.25) is 4.79 Å². The van der Waals surface area contributed by atoms with Crippen LogP contribution in [0.5, 0.6) is 5.88 Å². The van der Waals surface area contributed by atoms with E-state index in [-0.39, 0.29) is 12.1 Å². The molecule has 4 rings (SSSR count). The smallest absolute Gasteiger partial charge is 0.281 e. The lowest BCUT2D eigenvalue weighted by Crippen LogP contribution is -2.25. The summed E-state index contributed by atoms with van der Waals surface area (Å²) in [5, 5.41) is 12.7. The fraction of sp³-hybridized carbons (Fsp3) is 0.250. The third-order valence-electron chi connectivity index (χ3n) is 4.58. The Hall–Kier alpha value is -3.55. The molecule has 0 aliphatic heterocycles. The van der Waals surface area contributed by atoms with Crippen molar-refractivity contribution in [1.82, 2.24) is 29.8 Å². The molecule has 0 unspecified atom stereocenters. The Balaban J connectivity index is 1.69. The second kappa shape index (κ2) is 7.22. The number of pyridine rings is 1. The molecule has 3 heterocycles. The predicted molar refractivity (Wildman–Crippen MR) is 104 cm³/mol. The van der Waals surface area contributed by atoms with Gasteiger partial charge in [0.25, 0.3) is 5.56 Å². The van der Waals surface area contributed by atoms with Gasteiger partial charge in [-0.25, -0.2) is 14.3 Å². The molecule has 0 saturated carbocycles. The molecule has 3 aromatic heterocycles. The summed E-state index contributed by atoms with van der Waals surface area (Å²) < 4.78 is 8.84. The van der Waals surface area contributed by atoms with E-state index >= 15 is 0 Å². The van der Waals surface area contributed by atoms with Gasteiger partial charge in [0.1, 0.15) is 12.0 Å². The highest BCUT2D eigenvalue weighted by Gasteiger charge is 2.15. The van der Waals surface area contributed by atoms with Crippen LogP contribution in [0.25, 0.3) is 11.0 Å². The number of hydrogen-bond donors (Lipinski definition) is 0. The van der Waals surface area contributed by atoms with Crippen LogP contribution >= 0.6 is 0 Å². The molecule has 0 amide bonds. The summed E-state index contributed by atoms with van der Waals surface area (Å²) in [4.78, 5) is 17.3. The minimum Gasteiger partial charge on any atom is -0.473 e. The van der Waals surface area contributed by atoms with Gasteiger partial charge in [-0.2, -0.15) is 5.10 Å². The number of benzene rings is 1. The van der Waals surface area contributed by atoms with E-state index in [0.29, 0.717) is 23.5 Å². The van der Waals surface area contributed by atoms with Gasteiger partial charge in [0.15, 0.2) is 5.65 Å². The maximum atomic E-state index is 12.8. The van der Waals surface area contributed by atoms with Gasteiger partial charge in [-0.1, -0.05) is 35.5 Å². The quantitative estimate of drug-likeness (QED) is 0.530. The fourth-order valence-corrected chi connectivity index (χ4v) is 3.10. The van der Waals surface area contributed by atoms with Gasteiger partial charge in [-0.05, 0) is 31.0 Å². The number of fused-ring (bicyclic) bond motifs is 1. The van der Waals surface area contributed by atoms with E-state index in [4.69, 9.17) is 4.74 Å². The third-order valence-corrected chi connectivity index (χ3v) is 4.58. The lowest BCUT2D eigenvalue weighted by Gasteiger charge is -2.14. The van der Waals surface area contributed by atoms with Crippen LogP contribution in [-0.2, 0) is 20.2 Å². The maximum Gasteiger partial charge on any atom is 0.281 e. The van der Waals surface area contributed by atoms with Crippen LogP contribution in [0.4, 0.5) is 0 Å². The predicted octanol–water partition coefficient (Wildman–Crippen LogP) is 2.16. The van der Waals surface area contributed by atoms with Crippen molar-refractivity contribution in [2.75, 3.05) is 0 Å². The first-order valence-corrected chi connectivity index (χ1v) is 8.92. The van der Waals surface area contributed by atoms with Crippen molar-refractivity contribution in [3.63, 3.8) is 0 Å². The van der Waals surface area contributed by atoms with Crippen LogP contribution in [0.2, 0.25) is 0 Å². The molecule has 1 aromatic carbocycles. The maximum absolute atomic E-state index is 12.8. The van der Waals surface area contributed by atoms with Crippen LogP contribution in [-0.4, -0.2) is 29.8 Å². The monoisotopic (exact) mass is 376 g/mol. The van der Waals surface area contributed by atoms with E-state index in [1.165, 1.54) is 15.6 Å². The molecule has 4 aromatic rings. The summed E-state index contributed by atoms with van der Waals surface area (Å²) in [5.74, 6) is 0.501. The molecular weight excluding hydrogens is 356 g/mol. The zero-order valence-corrected chi connectivity index (χ0v) is 16.0. The lowest BCUT2D eigenvalue weighted by molar-refractivity contribution is 0.288. The van der Waals surface area contributed by atoms with Crippen molar-refractivity contribution in [2.24, 2.45) is 7.05 Å². The third kappa shape index (κ3) is 3.36. The normalized spacial score (nSPS) is 11.1. The van der Waals surface area contributed by atoms with Gasteiger partial charge in [-0.15, -0.1) is 5.10 Å².